The van der Waals surface area contributed by atoms with Gasteiger partial charge in [-0.05, 0) is 55.2 Å². The van der Waals surface area contributed by atoms with Gasteiger partial charge in [-0.2, -0.15) is 0 Å². The van der Waals surface area contributed by atoms with E-state index < -0.39 is 0 Å². The zero-order valence-electron chi connectivity index (χ0n) is 12.2. The Morgan fingerprint density at radius 2 is 2.05 bits per heavy atom. The minimum Gasteiger partial charge on any atom is -0.370 e. The highest BCUT2D eigenvalue weighted by molar-refractivity contribution is 5.93. The lowest BCUT2D eigenvalue weighted by molar-refractivity contribution is 0.300. The van der Waals surface area contributed by atoms with Gasteiger partial charge in [0.05, 0.1) is 0 Å². The number of anilines is 1. The molecule has 0 amide bonds. The first kappa shape index (κ1) is 13.5. The molecule has 0 aromatic heterocycles. The van der Waals surface area contributed by atoms with Crippen molar-refractivity contribution in [2.24, 2.45) is 16.6 Å². The molecule has 0 unspecified atom stereocenters. The Morgan fingerprint density at radius 3 is 2.85 bits per heavy atom. The molecule has 1 fully saturated rings. The van der Waals surface area contributed by atoms with Crippen LogP contribution in [0.1, 0.15) is 49.7 Å². The number of rotatable bonds is 4. The van der Waals surface area contributed by atoms with Crippen LogP contribution in [-0.2, 0) is 12.8 Å². The van der Waals surface area contributed by atoms with Crippen LogP contribution in [0.2, 0.25) is 0 Å². The van der Waals surface area contributed by atoms with E-state index in [4.69, 9.17) is 5.73 Å². The highest BCUT2D eigenvalue weighted by Crippen LogP contribution is 2.29. The second kappa shape index (κ2) is 6.29. The Kier molecular flexibility index (Phi) is 4.24. The lowest BCUT2D eigenvalue weighted by atomic mass is 9.83. The molecular formula is C17H25N3. The molecule has 3 nitrogen and oxygen atoms in total. The molecule has 1 aromatic carbocycles. The van der Waals surface area contributed by atoms with Gasteiger partial charge in [-0.3, -0.25) is 4.99 Å². The van der Waals surface area contributed by atoms with Crippen molar-refractivity contribution in [1.82, 2.24) is 0 Å². The third-order valence-electron chi connectivity index (χ3n) is 4.70. The SMILES string of the molecule is NC(=NCCC1CCC1)Nc1cccc2c1CCCC2. The highest BCUT2D eigenvalue weighted by Gasteiger charge is 2.16. The normalized spacial score (nSPS) is 19.3. The first-order valence-electron chi connectivity index (χ1n) is 8.00. The van der Waals surface area contributed by atoms with E-state index >= 15 is 0 Å². The zero-order valence-corrected chi connectivity index (χ0v) is 12.2. The Morgan fingerprint density at radius 1 is 1.20 bits per heavy atom. The number of guanidine groups is 1. The topological polar surface area (TPSA) is 50.4 Å². The molecule has 0 radical (unpaired) electrons. The molecular weight excluding hydrogens is 246 g/mol. The second-order valence-corrected chi connectivity index (χ2v) is 6.13. The summed E-state index contributed by atoms with van der Waals surface area (Å²) in [5.41, 5.74) is 10.1. The molecule has 108 valence electrons. The summed E-state index contributed by atoms with van der Waals surface area (Å²) >= 11 is 0. The number of nitrogens with two attached hydrogens (primary N) is 1. The molecule has 1 aromatic rings. The smallest absolute Gasteiger partial charge is 0.193 e. The first-order chi connectivity index (χ1) is 9.83. The average molecular weight is 271 g/mol. The Hall–Kier alpha value is -1.51. The maximum absolute atomic E-state index is 6.02. The number of hydrogen-bond acceptors (Lipinski definition) is 1. The van der Waals surface area contributed by atoms with Gasteiger partial charge in [-0.15, -0.1) is 0 Å². The molecule has 0 spiro atoms. The van der Waals surface area contributed by atoms with E-state index in [0.29, 0.717) is 5.96 Å². The lowest BCUT2D eigenvalue weighted by Gasteiger charge is -2.24. The summed E-state index contributed by atoms with van der Waals surface area (Å²) in [6.07, 6.45) is 10.3. The van der Waals surface area contributed by atoms with Crippen molar-refractivity contribution in [2.75, 3.05) is 11.9 Å². The Balaban J connectivity index is 1.60. The molecule has 3 rings (SSSR count). The molecule has 3 heteroatoms. The van der Waals surface area contributed by atoms with Crippen LogP contribution in [0, 0.1) is 5.92 Å². The summed E-state index contributed by atoms with van der Waals surface area (Å²) in [6.45, 7) is 0.860. The van der Waals surface area contributed by atoms with E-state index in [1.54, 1.807) is 0 Å². The van der Waals surface area contributed by atoms with Crippen LogP contribution in [0.5, 0.6) is 0 Å². The van der Waals surface area contributed by atoms with Crippen LogP contribution in [0.4, 0.5) is 5.69 Å². The van der Waals surface area contributed by atoms with Gasteiger partial charge in [0.1, 0.15) is 0 Å². The number of fused-ring (bicyclic) bond motifs is 1. The van der Waals surface area contributed by atoms with Crippen LogP contribution >= 0.6 is 0 Å². The standard InChI is InChI=1S/C17H25N3/c18-17(19-12-11-13-5-3-6-13)20-16-10-4-8-14-7-1-2-9-15(14)16/h4,8,10,13H,1-3,5-7,9,11-12H2,(H3,18,19,20). The fourth-order valence-corrected chi connectivity index (χ4v) is 3.22. The average Bonchev–Trinajstić information content (AvgIpc) is 2.42. The molecule has 3 N–H and O–H groups in total. The second-order valence-electron chi connectivity index (χ2n) is 6.13. The third-order valence-corrected chi connectivity index (χ3v) is 4.70. The summed E-state index contributed by atoms with van der Waals surface area (Å²) in [6, 6.07) is 6.48. The minimum absolute atomic E-state index is 0.572. The van der Waals surface area contributed by atoms with Gasteiger partial charge >= 0.3 is 0 Å². The van der Waals surface area contributed by atoms with E-state index in [9.17, 15) is 0 Å². The third kappa shape index (κ3) is 3.14. The summed E-state index contributed by atoms with van der Waals surface area (Å²) in [7, 11) is 0. The summed E-state index contributed by atoms with van der Waals surface area (Å²) in [4.78, 5) is 4.47. The van der Waals surface area contributed by atoms with Crippen LogP contribution < -0.4 is 11.1 Å². The largest absolute Gasteiger partial charge is 0.370 e. The van der Waals surface area contributed by atoms with E-state index in [1.807, 2.05) is 0 Å². The van der Waals surface area contributed by atoms with Crippen molar-refractivity contribution in [2.45, 2.75) is 51.4 Å². The molecule has 1 saturated carbocycles. The van der Waals surface area contributed by atoms with Gasteiger partial charge in [-0.1, -0.05) is 31.4 Å². The van der Waals surface area contributed by atoms with E-state index in [2.05, 4.69) is 28.5 Å². The molecule has 0 aliphatic heterocycles. The monoisotopic (exact) mass is 271 g/mol. The van der Waals surface area contributed by atoms with Crippen LogP contribution in [0.3, 0.4) is 0 Å². The van der Waals surface area contributed by atoms with Crippen molar-refractivity contribution < 1.29 is 0 Å². The molecule has 2 aliphatic rings. The fourth-order valence-electron chi connectivity index (χ4n) is 3.22. The van der Waals surface area contributed by atoms with Crippen molar-refractivity contribution >= 4 is 11.6 Å². The zero-order chi connectivity index (χ0) is 13.8. The molecule has 0 saturated heterocycles. The predicted molar refractivity (Wildman–Crippen MR) is 85.2 cm³/mol. The van der Waals surface area contributed by atoms with Crippen LogP contribution in [0.25, 0.3) is 0 Å². The predicted octanol–water partition coefficient (Wildman–Crippen LogP) is 3.48. The Bertz CT molecular complexity index is 489. The number of aliphatic imine (C=N–C) groups is 1. The molecule has 0 heterocycles. The summed E-state index contributed by atoms with van der Waals surface area (Å²) < 4.78 is 0. The van der Waals surface area contributed by atoms with Gasteiger partial charge in [0.25, 0.3) is 0 Å². The lowest BCUT2D eigenvalue weighted by Crippen LogP contribution is -2.24. The Labute approximate surface area is 121 Å². The number of hydrogen-bond donors (Lipinski definition) is 2. The number of nitrogens with one attached hydrogen (secondary N) is 1. The van der Waals surface area contributed by atoms with Gasteiger partial charge in [0, 0.05) is 12.2 Å². The van der Waals surface area contributed by atoms with E-state index in [0.717, 1.165) is 24.6 Å². The minimum atomic E-state index is 0.572. The maximum Gasteiger partial charge on any atom is 0.193 e. The van der Waals surface area contributed by atoms with E-state index in [-0.39, 0.29) is 0 Å². The quantitative estimate of drug-likeness (QED) is 0.650. The van der Waals surface area contributed by atoms with Crippen molar-refractivity contribution in [3.8, 4) is 0 Å². The van der Waals surface area contributed by atoms with E-state index in [1.165, 1.54) is 56.1 Å². The van der Waals surface area contributed by atoms with Gasteiger partial charge in [0.15, 0.2) is 5.96 Å². The van der Waals surface area contributed by atoms with Crippen molar-refractivity contribution in [3.63, 3.8) is 0 Å². The van der Waals surface area contributed by atoms with Crippen molar-refractivity contribution in [3.05, 3.63) is 29.3 Å². The molecule has 20 heavy (non-hydrogen) atoms. The number of benzene rings is 1. The van der Waals surface area contributed by atoms with Gasteiger partial charge in [-0.25, -0.2) is 0 Å². The summed E-state index contributed by atoms with van der Waals surface area (Å²) in [5, 5.41) is 3.31. The van der Waals surface area contributed by atoms with Crippen LogP contribution in [-0.4, -0.2) is 12.5 Å². The van der Waals surface area contributed by atoms with Crippen molar-refractivity contribution in [1.29, 1.82) is 0 Å². The summed E-state index contributed by atoms with van der Waals surface area (Å²) in [5.74, 6) is 1.47. The number of nitrogens with zero attached hydrogens (tertiary/aromatic N) is 1. The van der Waals surface area contributed by atoms with Gasteiger partial charge < -0.3 is 11.1 Å². The maximum atomic E-state index is 6.02. The number of aryl methyl sites for hydroxylation is 1. The molecule has 2 aliphatic carbocycles. The first-order valence-corrected chi connectivity index (χ1v) is 8.00. The van der Waals surface area contributed by atoms with Gasteiger partial charge in [0.2, 0.25) is 0 Å². The molecule has 0 bridgehead atoms. The fraction of sp³-hybridized carbons (Fsp3) is 0.588. The molecule has 0 atom stereocenters. The highest BCUT2D eigenvalue weighted by atomic mass is 15.1. The van der Waals surface area contributed by atoms with Crippen LogP contribution in [0.15, 0.2) is 23.2 Å².